The summed E-state index contributed by atoms with van der Waals surface area (Å²) in [6, 6.07) is 7.06. The molecule has 2 heterocycles. The molecule has 2 atom stereocenters. The SMILES string of the molecule is CN1CC2CC1CN2c1ccc(CN)c(C(N)=O)c1. The highest BCUT2D eigenvalue weighted by atomic mass is 16.1. The van der Waals surface area contributed by atoms with Gasteiger partial charge in [-0.1, -0.05) is 6.07 Å². The van der Waals surface area contributed by atoms with Gasteiger partial charge in [0.15, 0.2) is 0 Å². The minimum absolute atomic E-state index is 0.341. The topological polar surface area (TPSA) is 75.6 Å². The number of nitrogens with two attached hydrogens (primary N) is 2. The Morgan fingerprint density at radius 2 is 2.16 bits per heavy atom. The lowest BCUT2D eigenvalue weighted by molar-refractivity contribution is 0.0999. The number of hydrogen-bond donors (Lipinski definition) is 2. The quantitative estimate of drug-likeness (QED) is 0.810. The van der Waals surface area contributed by atoms with Gasteiger partial charge in [0.2, 0.25) is 5.91 Å². The fourth-order valence-electron chi connectivity index (χ4n) is 3.33. The van der Waals surface area contributed by atoms with E-state index in [9.17, 15) is 4.79 Å². The van der Waals surface area contributed by atoms with Crippen LogP contribution < -0.4 is 16.4 Å². The van der Waals surface area contributed by atoms with Crippen molar-refractivity contribution < 1.29 is 4.79 Å². The average molecular weight is 260 g/mol. The van der Waals surface area contributed by atoms with Gasteiger partial charge < -0.3 is 16.4 Å². The van der Waals surface area contributed by atoms with Crippen LogP contribution >= 0.6 is 0 Å². The molecule has 1 aromatic rings. The van der Waals surface area contributed by atoms with Crippen molar-refractivity contribution in [2.45, 2.75) is 25.0 Å². The Morgan fingerprint density at radius 1 is 1.37 bits per heavy atom. The monoisotopic (exact) mass is 260 g/mol. The van der Waals surface area contributed by atoms with Crippen molar-refractivity contribution in [3.63, 3.8) is 0 Å². The summed E-state index contributed by atoms with van der Waals surface area (Å²) in [5.41, 5.74) is 13.5. The van der Waals surface area contributed by atoms with E-state index in [1.165, 1.54) is 6.42 Å². The van der Waals surface area contributed by atoms with Crippen LogP contribution in [0.5, 0.6) is 0 Å². The Kier molecular flexibility index (Phi) is 2.95. The summed E-state index contributed by atoms with van der Waals surface area (Å²) in [6.07, 6.45) is 1.21. The Bertz CT molecular complexity index is 514. The van der Waals surface area contributed by atoms with Crippen LogP contribution in [0.25, 0.3) is 0 Å². The van der Waals surface area contributed by atoms with Crippen LogP contribution in [0.4, 0.5) is 5.69 Å². The lowest BCUT2D eigenvalue weighted by Gasteiger charge is -2.34. The van der Waals surface area contributed by atoms with Crippen molar-refractivity contribution >= 4 is 11.6 Å². The van der Waals surface area contributed by atoms with Crippen LogP contribution in [0.15, 0.2) is 18.2 Å². The number of hydrogen-bond acceptors (Lipinski definition) is 4. The normalized spacial score (nSPS) is 26.1. The summed E-state index contributed by atoms with van der Waals surface area (Å²) in [5, 5.41) is 0. The van der Waals surface area contributed by atoms with E-state index < -0.39 is 5.91 Å². The van der Waals surface area contributed by atoms with E-state index in [1.54, 1.807) is 0 Å². The zero-order valence-electron chi connectivity index (χ0n) is 11.2. The number of piperazine rings is 1. The van der Waals surface area contributed by atoms with Crippen LogP contribution in [-0.4, -0.2) is 43.0 Å². The molecule has 5 nitrogen and oxygen atoms in total. The molecule has 0 saturated carbocycles. The van der Waals surface area contributed by atoms with Crippen molar-refractivity contribution in [2.75, 3.05) is 25.0 Å². The van der Waals surface area contributed by atoms with Gasteiger partial charge in [0.05, 0.1) is 0 Å². The summed E-state index contributed by atoms with van der Waals surface area (Å²) in [6.45, 7) is 2.46. The molecule has 0 aromatic heterocycles. The lowest BCUT2D eigenvalue weighted by Crippen LogP contribution is -2.44. The second-order valence-electron chi connectivity index (χ2n) is 5.55. The summed E-state index contributed by atoms with van der Waals surface area (Å²) in [7, 11) is 2.17. The van der Waals surface area contributed by atoms with Crippen molar-refractivity contribution in [1.29, 1.82) is 0 Å². The number of fused-ring (bicyclic) bond motifs is 2. The maximum atomic E-state index is 11.5. The van der Waals surface area contributed by atoms with Gasteiger partial charge in [0.25, 0.3) is 0 Å². The van der Waals surface area contributed by atoms with Gasteiger partial charge in [-0.2, -0.15) is 0 Å². The minimum Gasteiger partial charge on any atom is -0.366 e. The fourth-order valence-corrected chi connectivity index (χ4v) is 3.33. The third-order valence-electron chi connectivity index (χ3n) is 4.42. The average Bonchev–Trinajstić information content (AvgIpc) is 2.96. The fraction of sp³-hybridized carbons (Fsp3) is 0.500. The summed E-state index contributed by atoms with van der Waals surface area (Å²) in [5.74, 6) is -0.399. The zero-order chi connectivity index (χ0) is 13.6. The van der Waals surface area contributed by atoms with E-state index in [1.807, 2.05) is 12.1 Å². The molecule has 0 aliphatic carbocycles. The van der Waals surface area contributed by atoms with Gasteiger partial charge in [-0.3, -0.25) is 9.69 Å². The van der Waals surface area contributed by atoms with E-state index in [0.29, 0.717) is 24.2 Å². The molecule has 102 valence electrons. The van der Waals surface area contributed by atoms with E-state index >= 15 is 0 Å². The largest absolute Gasteiger partial charge is 0.366 e. The van der Waals surface area contributed by atoms with Gasteiger partial charge in [0.1, 0.15) is 0 Å². The molecule has 19 heavy (non-hydrogen) atoms. The zero-order valence-corrected chi connectivity index (χ0v) is 11.2. The molecule has 1 amide bonds. The van der Waals surface area contributed by atoms with Crippen molar-refractivity contribution in [3.05, 3.63) is 29.3 Å². The molecular weight excluding hydrogens is 240 g/mol. The number of amides is 1. The van der Waals surface area contributed by atoms with Gasteiger partial charge >= 0.3 is 0 Å². The van der Waals surface area contributed by atoms with Crippen LogP contribution in [0, 0.1) is 0 Å². The number of likely N-dealkylation sites (N-methyl/N-ethyl adjacent to an activating group) is 1. The molecule has 3 rings (SSSR count). The summed E-state index contributed by atoms with van der Waals surface area (Å²) < 4.78 is 0. The molecule has 2 aliphatic heterocycles. The Balaban J connectivity index is 1.90. The third-order valence-corrected chi connectivity index (χ3v) is 4.42. The van der Waals surface area contributed by atoms with E-state index in [-0.39, 0.29) is 0 Å². The van der Waals surface area contributed by atoms with Crippen LogP contribution in [0.1, 0.15) is 22.3 Å². The van der Waals surface area contributed by atoms with Crippen LogP contribution in [0.3, 0.4) is 0 Å². The highest BCUT2D eigenvalue weighted by molar-refractivity contribution is 5.95. The first-order chi connectivity index (χ1) is 9.10. The number of likely N-dealkylation sites (tertiary alicyclic amines) is 1. The standard InChI is InChI=1S/C14H20N4O/c1-17-7-12-4-11(17)8-18(12)10-3-2-9(6-15)13(5-10)14(16)19/h2-3,5,11-12H,4,6-8,15H2,1H3,(H2,16,19). The van der Waals surface area contributed by atoms with Crippen LogP contribution in [-0.2, 0) is 6.54 Å². The number of nitrogens with zero attached hydrogens (tertiary/aromatic N) is 2. The predicted molar refractivity (Wildman–Crippen MR) is 75.0 cm³/mol. The first-order valence-corrected chi connectivity index (χ1v) is 6.70. The van der Waals surface area contributed by atoms with Crippen molar-refractivity contribution in [2.24, 2.45) is 11.5 Å². The number of benzene rings is 1. The number of anilines is 1. The highest BCUT2D eigenvalue weighted by Crippen LogP contribution is 2.34. The molecule has 2 unspecified atom stereocenters. The molecule has 1 aromatic carbocycles. The number of rotatable bonds is 3. The van der Waals surface area contributed by atoms with E-state index in [0.717, 1.165) is 24.3 Å². The van der Waals surface area contributed by atoms with Crippen LogP contribution in [0.2, 0.25) is 0 Å². The Labute approximate surface area is 113 Å². The Hall–Kier alpha value is -1.59. The number of carbonyl (C=O) groups is 1. The smallest absolute Gasteiger partial charge is 0.249 e. The molecule has 2 fully saturated rings. The second-order valence-corrected chi connectivity index (χ2v) is 5.55. The highest BCUT2D eigenvalue weighted by Gasteiger charge is 2.41. The van der Waals surface area contributed by atoms with Gasteiger partial charge in [0, 0.05) is 43.0 Å². The first-order valence-electron chi connectivity index (χ1n) is 6.70. The molecule has 2 bridgehead atoms. The van der Waals surface area contributed by atoms with Gasteiger partial charge in [-0.15, -0.1) is 0 Å². The number of carbonyl (C=O) groups excluding carboxylic acids is 1. The maximum Gasteiger partial charge on any atom is 0.249 e. The Morgan fingerprint density at radius 3 is 2.68 bits per heavy atom. The summed E-state index contributed by atoms with van der Waals surface area (Å²) >= 11 is 0. The molecular formula is C14H20N4O. The molecule has 2 aliphatic rings. The van der Waals surface area contributed by atoms with E-state index in [4.69, 9.17) is 11.5 Å². The third kappa shape index (κ3) is 1.99. The summed E-state index contributed by atoms with van der Waals surface area (Å²) in [4.78, 5) is 16.3. The molecule has 4 N–H and O–H groups in total. The van der Waals surface area contributed by atoms with Gasteiger partial charge in [-0.05, 0) is 31.2 Å². The number of primary amides is 1. The lowest BCUT2D eigenvalue weighted by atomic mass is 10.0. The van der Waals surface area contributed by atoms with E-state index in [2.05, 4.69) is 22.9 Å². The van der Waals surface area contributed by atoms with Gasteiger partial charge in [-0.25, -0.2) is 0 Å². The first kappa shape index (κ1) is 12.4. The maximum absolute atomic E-state index is 11.5. The molecule has 0 spiro atoms. The second kappa shape index (κ2) is 4.51. The van der Waals surface area contributed by atoms with Crippen molar-refractivity contribution in [3.8, 4) is 0 Å². The molecule has 5 heteroatoms. The predicted octanol–water partition coefficient (Wildman–Crippen LogP) is 0.137. The molecule has 0 radical (unpaired) electrons. The molecule has 2 saturated heterocycles. The van der Waals surface area contributed by atoms with Crippen molar-refractivity contribution in [1.82, 2.24) is 4.90 Å². The minimum atomic E-state index is -0.399.